The van der Waals surface area contributed by atoms with Crippen molar-refractivity contribution in [2.45, 2.75) is 46.1 Å². The highest BCUT2D eigenvalue weighted by molar-refractivity contribution is 6.99. The highest BCUT2D eigenvalue weighted by Crippen LogP contribution is 2.36. The fraction of sp³-hybridized carbons (Fsp3) is 0.833. The average molecular weight is 275 g/mol. The minimum absolute atomic E-state index is 0.236. The summed E-state index contributed by atoms with van der Waals surface area (Å²) in [5.41, 5.74) is 0. The third-order valence-electron chi connectivity index (χ3n) is 3.65. The fourth-order valence-corrected chi connectivity index (χ4v) is 3.26. The normalized spacial score (nSPS) is 29.6. The maximum absolute atomic E-state index is 5.98. The van der Waals surface area contributed by atoms with Gasteiger partial charge in [-0.2, -0.15) is 4.37 Å². The number of ether oxygens (including phenoxy) is 1. The first kappa shape index (κ1) is 13.1. The average Bonchev–Trinajstić information content (AvgIpc) is 2.64. The van der Waals surface area contributed by atoms with E-state index in [1.54, 1.807) is 0 Å². The molecule has 1 aromatic rings. The number of aromatic nitrogens is 2. The van der Waals surface area contributed by atoms with Gasteiger partial charge in [0.2, 0.25) is 5.15 Å². The Labute approximate surface area is 112 Å². The van der Waals surface area contributed by atoms with Gasteiger partial charge in [0, 0.05) is 0 Å². The Hall–Kier alpha value is -0.350. The highest BCUT2D eigenvalue weighted by Gasteiger charge is 2.33. The summed E-state index contributed by atoms with van der Waals surface area (Å²) in [6.07, 6.45) is 3.86. The number of rotatable bonds is 3. The molecule has 3 atom stereocenters. The van der Waals surface area contributed by atoms with Crippen LogP contribution in [-0.4, -0.2) is 14.9 Å². The quantitative estimate of drug-likeness (QED) is 0.835. The largest absolute Gasteiger partial charge is 0.471 e. The Morgan fingerprint density at radius 2 is 2.12 bits per heavy atom. The maximum Gasteiger partial charge on any atom is 0.265 e. The molecule has 1 heterocycles. The summed E-state index contributed by atoms with van der Waals surface area (Å²) >= 11 is 7.04. The number of hydrogen-bond donors (Lipinski definition) is 0. The van der Waals surface area contributed by atoms with Gasteiger partial charge in [0.05, 0.1) is 11.7 Å². The van der Waals surface area contributed by atoms with Gasteiger partial charge < -0.3 is 4.74 Å². The first-order chi connectivity index (χ1) is 8.08. The van der Waals surface area contributed by atoms with Crippen LogP contribution in [0.2, 0.25) is 5.15 Å². The third-order valence-corrected chi connectivity index (χ3v) is 4.50. The highest BCUT2D eigenvalue weighted by atomic mass is 35.5. The lowest BCUT2D eigenvalue weighted by molar-refractivity contribution is 0.0433. The van der Waals surface area contributed by atoms with E-state index in [4.69, 9.17) is 16.3 Å². The molecule has 0 aliphatic heterocycles. The molecular weight excluding hydrogens is 256 g/mol. The van der Waals surface area contributed by atoms with Gasteiger partial charge in [-0.3, -0.25) is 0 Å². The van der Waals surface area contributed by atoms with Crippen molar-refractivity contribution in [3.8, 4) is 5.88 Å². The molecule has 96 valence electrons. The Kier molecular flexibility index (Phi) is 4.26. The van der Waals surface area contributed by atoms with Crippen LogP contribution in [-0.2, 0) is 0 Å². The minimum atomic E-state index is 0.236. The molecule has 1 aromatic heterocycles. The van der Waals surface area contributed by atoms with Crippen molar-refractivity contribution < 1.29 is 4.74 Å². The van der Waals surface area contributed by atoms with E-state index >= 15 is 0 Å². The van der Waals surface area contributed by atoms with Crippen molar-refractivity contribution in [2.24, 2.45) is 17.8 Å². The van der Waals surface area contributed by atoms with Gasteiger partial charge in [-0.15, -0.1) is 4.37 Å². The predicted octanol–water partition coefficient (Wildman–Crippen LogP) is 4.03. The van der Waals surface area contributed by atoms with Crippen molar-refractivity contribution >= 4 is 23.3 Å². The number of halogens is 1. The molecule has 0 radical (unpaired) electrons. The molecule has 0 saturated heterocycles. The van der Waals surface area contributed by atoms with E-state index in [-0.39, 0.29) is 6.10 Å². The third kappa shape index (κ3) is 3.10. The molecule has 1 fully saturated rings. The van der Waals surface area contributed by atoms with Gasteiger partial charge >= 0.3 is 0 Å². The van der Waals surface area contributed by atoms with Crippen LogP contribution < -0.4 is 4.74 Å². The molecule has 0 spiro atoms. The summed E-state index contributed by atoms with van der Waals surface area (Å²) in [6.45, 7) is 6.81. The standard InChI is InChI=1S/C12H19ClN2OS/c1-7(2)9-5-4-8(3)6-10(9)16-12-11(13)14-17-15-12/h7-10H,4-6H2,1-3H3. The molecule has 0 N–H and O–H groups in total. The Bertz CT molecular complexity index is 369. The van der Waals surface area contributed by atoms with Crippen molar-refractivity contribution in [2.75, 3.05) is 0 Å². The van der Waals surface area contributed by atoms with Crippen LogP contribution in [0.5, 0.6) is 5.88 Å². The van der Waals surface area contributed by atoms with Crippen LogP contribution in [0.25, 0.3) is 0 Å². The van der Waals surface area contributed by atoms with E-state index in [2.05, 4.69) is 29.5 Å². The minimum Gasteiger partial charge on any atom is -0.471 e. The second-order valence-corrected chi connectivity index (χ2v) is 6.23. The van der Waals surface area contributed by atoms with Crippen LogP contribution in [0.15, 0.2) is 0 Å². The maximum atomic E-state index is 5.98. The van der Waals surface area contributed by atoms with E-state index in [0.29, 0.717) is 22.9 Å². The molecule has 1 aliphatic carbocycles. The summed E-state index contributed by atoms with van der Waals surface area (Å²) in [5, 5.41) is 0.399. The van der Waals surface area contributed by atoms with Gasteiger partial charge in [-0.1, -0.05) is 38.8 Å². The monoisotopic (exact) mass is 274 g/mol. The first-order valence-electron chi connectivity index (χ1n) is 6.22. The van der Waals surface area contributed by atoms with Gasteiger partial charge in [-0.25, -0.2) is 0 Å². The van der Waals surface area contributed by atoms with Crippen LogP contribution in [0, 0.1) is 17.8 Å². The lowest BCUT2D eigenvalue weighted by Crippen LogP contribution is -2.36. The second-order valence-electron chi connectivity index (χ2n) is 5.34. The molecule has 2 rings (SSSR count). The molecule has 0 amide bonds. The first-order valence-corrected chi connectivity index (χ1v) is 7.33. The topological polar surface area (TPSA) is 35.0 Å². The molecule has 17 heavy (non-hydrogen) atoms. The van der Waals surface area contributed by atoms with E-state index in [9.17, 15) is 0 Å². The zero-order valence-electron chi connectivity index (χ0n) is 10.5. The van der Waals surface area contributed by atoms with Gasteiger partial charge in [0.25, 0.3) is 5.88 Å². The van der Waals surface area contributed by atoms with Gasteiger partial charge in [-0.05, 0) is 30.6 Å². The predicted molar refractivity (Wildman–Crippen MR) is 70.7 cm³/mol. The molecule has 3 unspecified atom stereocenters. The number of nitrogens with zero attached hydrogens (tertiary/aromatic N) is 2. The summed E-state index contributed by atoms with van der Waals surface area (Å²) in [6, 6.07) is 0. The summed E-state index contributed by atoms with van der Waals surface area (Å²) < 4.78 is 14.0. The summed E-state index contributed by atoms with van der Waals surface area (Å²) in [4.78, 5) is 0. The smallest absolute Gasteiger partial charge is 0.265 e. The van der Waals surface area contributed by atoms with E-state index in [1.165, 1.54) is 12.8 Å². The summed E-state index contributed by atoms with van der Waals surface area (Å²) in [5.74, 6) is 2.48. The van der Waals surface area contributed by atoms with E-state index in [1.807, 2.05) is 0 Å². The molecule has 3 nitrogen and oxygen atoms in total. The number of hydrogen-bond acceptors (Lipinski definition) is 4. The van der Waals surface area contributed by atoms with Crippen molar-refractivity contribution in [1.29, 1.82) is 0 Å². The summed E-state index contributed by atoms with van der Waals surface area (Å²) in [7, 11) is 0. The van der Waals surface area contributed by atoms with Gasteiger partial charge in [0.1, 0.15) is 6.10 Å². The lowest BCUT2D eigenvalue weighted by Gasteiger charge is -2.36. The van der Waals surface area contributed by atoms with Gasteiger partial charge in [0.15, 0.2) is 0 Å². The molecule has 5 heteroatoms. The molecular formula is C12H19ClN2OS. The van der Waals surface area contributed by atoms with E-state index < -0.39 is 0 Å². The molecule has 1 aliphatic rings. The zero-order chi connectivity index (χ0) is 12.4. The lowest BCUT2D eigenvalue weighted by atomic mass is 9.75. The van der Waals surface area contributed by atoms with Crippen LogP contribution in [0.1, 0.15) is 40.0 Å². The molecule has 0 bridgehead atoms. The van der Waals surface area contributed by atoms with Crippen LogP contribution in [0.4, 0.5) is 0 Å². The van der Waals surface area contributed by atoms with Crippen molar-refractivity contribution in [1.82, 2.24) is 8.75 Å². The SMILES string of the molecule is CC1CCC(C(C)C)C(Oc2nsnc2Cl)C1. The zero-order valence-corrected chi connectivity index (χ0v) is 12.1. The van der Waals surface area contributed by atoms with E-state index in [0.717, 1.165) is 24.1 Å². The fourth-order valence-electron chi connectivity index (χ4n) is 2.63. The molecule has 1 saturated carbocycles. The van der Waals surface area contributed by atoms with Crippen LogP contribution in [0.3, 0.4) is 0 Å². The van der Waals surface area contributed by atoms with Crippen molar-refractivity contribution in [3.05, 3.63) is 5.15 Å². The van der Waals surface area contributed by atoms with Crippen molar-refractivity contribution in [3.63, 3.8) is 0 Å². The van der Waals surface area contributed by atoms with Crippen LogP contribution >= 0.6 is 23.3 Å². The Morgan fingerprint density at radius 1 is 1.35 bits per heavy atom. The second kappa shape index (κ2) is 5.53. The Morgan fingerprint density at radius 3 is 2.71 bits per heavy atom. The molecule has 0 aromatic carbocycles. The Balaban J connectivity index is 2.07.